The highest BCUT2D eigenvalue weighted by Gasteiger charge is 2.30. The molecule has 0 saturated carbocycles. The van der Waals surface area contributed by atoms with Gasteiger partial charge < -0.3 is 15.0 Å². The molecule has 3 aromatic carbocycles. The minimum absolute atomic E-state index is 0.179. The third-order valence-electron chi connectivity index (χ3n) is 6.10. The normalized spacial score (nSPS) is 11.6. The Hall–Kier alpha value is -2.83. The van der Waals surface area contributed by atoms with Gasteiger partial charge in [0.15, 0.2) is 6.61 Å². The smallest absolute Gasteiger partial charge is 0.261 e. The van der Waals surface area contributed by atoms with Gasteiger partial charge in [0.05, 0.1) is 4.47 Å². The molecule has 2 amide bonds. The van der Waals surface area contributed by atoms with Crippen molar-refractivity contribution >= 4 is 39.3 Å². The Morgan fingerprint density at radius 2 is 1.73 bits per heavy atom. The zero-order valence-electron chi connectivity index (χ0n) is 21.4. The number of nitrogens with zero attached hydrogens (tertiary/aromatic N) is 1. The predicted molar refractivity (Wildman–Crippen MR) is 153 cm³/mol. The fourth-order valence-electron chi connectivity index (χ4n) is 4.00. The van der Waals surface area contributed by atoms with E-state index >= 15 is 0 Å². The van der Waals surface area contributed by atoms with Crippen molar-refractivity contribution in [3.8, 4) is 5.75 Å². The van der Waals surface area contributed by atoms with Gasteiger partial charge in [0.25, 0.3) is 5.91 Å². The van der Waals surface area contributed by atoms with Gasteiger partial charge in [-0.25, -0.2) is 0 Å². The summed E-state index contributed by atoms with van der Waals surface area (Å²) in [6.07, 6.45) is 3.13. The fourth-order valence-corrected chi connectivity index (χ4v) is 4.75. The van der Waals surface area contributed by atoms with Crippen LogP contribution in [-0.2, 0) is 29.0 Å². The molecule has 3 aromatic rings. The first-order valence-corrected chi connectivity index (χ1v) is 13.8. The monoisotopic (exact) mass is 584 g/mol. The molecule has 0 fully saturated rings. The Kier molecular flexibility index (Phi) is 11.5. The number of hydrogen-bond acceptors (Lipinski definition) is 3. The molecule has 5 nitrogen and oxygen atoms in total. The summed E-state index contributed by atoms with van der Waals surface area (Å²) < 4.78 is 6.71. The van der Waals surface area contributed by atoms with Crippen molar-refractivity contribution in [1.29, 1.82) is 0 Å². The molecule has 0 aromatic heterocycles. The zero-order valence-corrected chi connectivity index (χ0v) is 23.7. The van der Waals surface area contributed by atoms with Crippen LogP contribution in [0, 0.1) is 0 Å². The van der Waals surface area contributed by atoms with Crippen LogP contribution in [0.1, 0.15) is 43.4 Å². The van der Waals surface area contributed by atoms with Crippen LogP contribution in [0.25, 0.3) is 0 Å². The van der Waals surface area contributed by atoms with Crippen LogP contribution in [0.2, 0.25) is 5.02 Å². The number of nitrogens with one attached hydrogen (secondary N) is 1. The Balaban J connectivity index is 1.89. The molecule has 37 heavy (non-hydrogen) atoms. The lowest BCUT2D eigenvalue weighted by Gasteiger charge is -2.31. The van der Waals surface area contributed by atoms with E-state index < -0.39 is 6.04 Å². The molecule has 0 aliphatic heterocycles. The van der Waals surface area contributed by atoms with Gasteiger partial charge in [-0.1, -0.05) is 80.4 Å². The minimum atomic E-state index is -0.708. The van der Waals surface area contributed by atoms with Crippen molar-refractivity contribution in [2.45, 2.75) is 52.1 Å². The third kappa shape index (κ3) is 8.90. The topological polar surface area (TPSA) is 58.6 Å². The van der Waals surface area contributed by atoms with Crippen LogP contribution < -0.4 is 10.1 Å². The maximum absolute atomic E-state index is 13.7. The Morgan fingerprint density at radius 1 is 0.973 bits per heavy atom. The standard InChI is InChI=1S/C30H34BrClN2O3/c1-3-5-16-33-30(36)27(19-23-10-7-6-8-11-23)34(20-24-12-9-13-25(32)17-24)29(35)21-37-28-15-14-22(4-2)18-26(28)31/h6-15,17-18,27H,3-5,16,19-21H2,1-2H3,(H,33,36)/t27-/m0/s1. The third-order valence-corrected chi connectivity index (χ3v) is 6.95. The summed E-state index contributed by atoms with van der Waals surface area (Å²) in [5.74, 6) is 0.124. The van der Waals surface area contributed by atoms with Gasteiger partial charge in [0.1, 0.15) is 11.8 Å². The molecule has 0 heterocycles. The molecule has 1 atom stereocenters. The zero-order chi connectivity index (χ0) is 26.6. The summed E-state index contributed by atoms with van der Waals surface area (Å²) in [6, 6.07) is 22.2. The number of unbranched alkanes of at least 4 members (excludes halogenated alkanes) is 1. The Labute approximate surface area is 233 Å². The van der Waals surface area contributed by atoms with Gasteiger partial charge in [-0.2, -0.15) is 0 Å². The molecule has 0 spiro atoms. The highest BCUT2D eigenvalue weighted by atomic mass is 79.9. The molecular formula is C30H34BrClN2O3. The van der Waals surface area contributed by atoms with E-state index in [9.17, 15) is 9.59 Å². The van der Waals surface area contributed by atoms with Crippen LogP contribution in [0.4, 0.5) is 0 Å². The molecule has 1 N–H and O–H groups in total. The number of rotatable bonds is 13. The molecule has 3 rings (SSSR count). The minimum Gasteiger partial charge on any atom is -0.483 e. The SMILES string of the molecule is CCCCNC(=O)[C@H](Cc1ccccc1)N(Cc1cccc(Cl)c1)C(=O)COc1ccc(CC)cc1Br. The van der Waals surface area contributed by atoms with Crippen LogP contribution >= 0.6 is 27.5 Å². The van der Waals surface area contributed by atoms with Crippen LogP contribution in [0.5, 0.6) is 5.75 Å². The molecule has 0 saturated heterocycles. The summed E-state index contributed by atoms with van der Waals surface area (Å²) >= 11 is 9.77. The first kappa shape index (κ1) is 28.7. The average Bonchev–Trinajstić information content (AvgIpc) is 2.90. The van der Waals surface area contributed by atoms with Crippen molar-refractivity contribution < 1.29 is 14.3 Å². The van der Waals surface area contributed by atoms with Crippen LogP contribution in [-0.4, -0.2) is 35.9 Å². The molecular weight excluding hydrogens is 552 g/mol. The van der Waals surface area contributed by atoms with Crippen molar-refractivity contribution in [2.24, 2.45) is 0 Å². The molecule has 196 valence electrons. The molecule has 0 radical (unpaired) electrons. The van der Waals surface area contributed by atoms with Crippen molar-refractivity contribution in [3.63, 3.8) is 0 Å². The van der Waals surface area contributed by atoms with Crippen molar-refractivity contribution in [2.75, 3.05) is 13.2 Å². The number of amides is 2. The molecule has 0 bridgehead atoms. The number of hydrogen-bond donors (Lipinski definition) is 1. The highest BCUT2D eigenvalue weighted by molar-refractivity contribution is 9.10. The summed E-state index contributed by atoms with van der Waals surface area (Å²) in [5, 5.41) is 3.60. The summed E-state index contributed by atoms with van der Waals surface area (Å²) in [7, 11) is 0. The van der Waals surface area contributed by atoms with Gasteiger partial charge in [-0.15, -0.1) is 0 Å². The lowest BCUT2D eigenvalue weighted by Crippen LogP contribution is -2.51. The van der Waals surface area contributed by atoms with E-state index in [2.05, 4.69) is 35.1 Å². The molecule has 0 unspecified atom stereocenters. The quantitative estimate of drug-likeness (QED) is 0.230. The maximum atomic E-state index is 13.7. The van der Waals surface area contributed by atoms with E-state index in [0.29, 0.717) is 23.7 Å². The number of carbonyl (C=O) groups is 2. The van der Waals surface area contributed by atoms with Gasteiger partial charge in [-0.05, 0) is 69.7 Å². The van der Waals surface area contributed by atoms with E-state index in [-0.39, 0.29) is 25.0 Å². The second-order valence-electron chi connectivity index (χ2n) is 8.91. The molecule has 0 aliphatic carbocycles. The second-order valence-corrected chi connectivity index (χ2v) is 10.2. The predicted octanol–water partition coefficient (Wildman–Crippen LogP) is 6.60. The van der Waals surface area contributed by atoms with Gasteiger partial charge in [-0.3, -0.25) is 9.59 Å². The van der Waals surface area contributed by atoms with E-state index in [0.717, 1.165) is 34.9 Å². The number of ether oxygens (including phenoxy) is 1. The number of aryl methyl sites for hydroxylation is 1. The highest BCUT2D eigenvalue weighted by Crippen LogP contribution is 2.26. The first-order valence-electron chi connectivity index (χ1n) is 12.7. The van der Waals surface area contributed by atoms with E-state index in [1.165, 1.54) is 5.56 Å². The van der Waals surface area contributed by atoms with Crippen LogP contribution in [0.3, 0.4) is 0 Å². The van der Waals surface area contributed by atoms with Gasteiger partial charge in [0.2, 0.25) is 5.91 Å². The number of halogens is 2. The molecule has 7 heteroatoms. The fraction of sp³-hybridized carbons (Fsp3) is 0.333. The average molecular weight is 586 g/mol. The number of benzene rings is 3. The molecule has 0 aliphatic rings. The van der Waals surface area contributed by atoms with Crippen LogP contribution in [0.15, 0.2) is 77.3 Å². The van der Waals surface area contributed by atoms with Gasteiger partial charge >= 0.3 is 0 Å². The van der Waals surface area contributed by atoms with Crippen molar-refractivity contribution in [3.05, 3.63) is 99.0 Å². The first-order chi connectivity index (χ1) is 17.9. The van der Waals surface area contributed by atoms with Crippen molar-refractivity contribution in [1.82, 2.24) is 10.2 Å². The Morgan fingerprint density at radius 3 is 2.41 bits per heavy atom. The summed E-state index contributed by atoms with van der Waals surface area (Å²) in [6.45, 7) is 4.76. The summed E-state index contributed by atoms with van der Waals surface area (Å²) in [4.78, 5) is 28.7. The lowest BCUT2D eigenvalue weighted by molar-refractivity contribution is -0.142. The number of carbonyl (C=O) groups excluding carboxylic acids is 2. The second kappa shape index (κ2) is 14.8. The largest absolute Gasteiger partial charge is 0.483 e. The van der Waals surface area contributed by atoms with E-state index in [1.54, 1.807) is 11.0 Å². The lowest BCUT2D eigenvalue weighted by atomic mass is 10.0. The van der Waals surface area contributed by atoms with Gasteiger partial charge in [0, 0.05) is 24.5 Å². The summed E-state index contributed by atoms with van der Waals surface area (Å²) in [5.41, 5.74) is 2.98. The Bertz CT molecular complexity index is 1170. The maximum Gasteiger partial charge on any atom is 0.261 e. The van der Waals surface area contributed by atoms with E-state index in [4.69, 9.17) is 16.3 Å². The van der Waals surface area contributed by atoms with E-state index in [1.807, 2.05) is 66.7 Å².